The van der Waals surface area contributed by atoms with Gasteiger partial charge in [0.25, 0.3) is 5.91 Å². The molecule has 0 saturated heterocycles. The second-order valence-electron chi connectivity index (χ2n) is 8.33. The summed E-state index contributed by atoms with van der Waals surface area (Å²) in [5, 5.41) is 1.06. The number of nitrogens with zero attached hydrogens (tertiary/aromatic N) is 4. The lowest BCUT2D eigenvalue weighted by Gasteiger charge is -2.17. The Hall–Kier alpha value is -4.20. The quantitative estimate of drug-likeness (QED) is 0.448. The molecule has 1 aliphatic rings. The van der Waals surface area contributed by atoms with Crippen molar-refractivity contribution in [2.24, 2.45) is 5.73 Å². The van der Waals surface area contributed by atoms with Crippen molar-refractivity contribution in [1.29, 1.82) is 0 Å². The summed E-state index contributed by atoms with van der Waals surface area (Å²) in [5.41, 5.74) is 7.78. The van der Waals surface area contributed by atoms with Crippen molar-refractivity contribution in [3.63, 3.8) is 0 Å². The molecular weight excluding hydrogens is 424 g/mol. The highest BCUT2D eigenvalue weighted by Gasteiger charge is 2.48. The van der Waals surface area contributed by atoms with Crippen molar-refractivity contribution in [2.45, 2.75) is 18.3 Å². The Morgan fingerprint density at radius 1 is 1.00 bits per heavy atom. The highest BCUT2D eigenvalue weighted by molar-refractivity contribution is 5.93. The van der Waals surface area contributed by atoms with Crippen LogP contribution in [-0.2, 0) is 5.41 Å². The molecule has 2 N–H and O–H groups in total. The number of fused-ring (bicyclic) bond motifs is 2. The van der Waals surface area contributed by atoms with Gasteiger partial charge >= 0.3 is 0 Å². The maximum absolute atomic E-state index is 14.7. The molecule has 0 aliphatic heterocycles. The molecule has 5 aromatic rings. The lowest BCUT2D eigenvalue weighted by atomic mass is 9.91. The van der Waals surface area contributed by atoms with Crippen LogP contribution in [-0.4, -0.2) is 25.3 Å². The van der Waals surface area contributed by atoms with Gasteiger partial charge in [-0.1, -0.05) is 12.1 Å². The van der Waals surface area contributed by atoms with Crippen LogP contribution in [0.25, 0.3) is 27.8 Å². The van der Waals surface area contributed by atoms with Crippen LogP contribution in [0.1, 0.15) is 34.5 Å². The molecule has 0 radical (unpaired) electrons. The third-order valence-electron chi connectivity index (χ3n) is 6.39. The van der Waals surface area contributed by atoms with Gasteiger partial charge in [-0.3, -0.25) is 14.2 Å². The van der Waals surface area contributed by atoms with E-state index in [1.807, 2.05) is 22.6 Å². The summed E-state index contributed by atoms with van der Waals surface area (Å²) in [4.78, 5) is 24.5. The third kappa shape index (κ3) is 2.98. The zero-order chi connectivity index (χ0) is 22.7. The van der Waals surface area contributed by atoms with E-state index in [4.69, 9.17) is 5.73 Å². The second kappa shape index (κ2) is 6.90. The van der Waals surface area contributed by atoms with Gasteiger partial charge in [-0.15, -0.1) is 0 Å². The van der Waals surface area contributed by atoms with Crippen LogP contribution in [0, 0.1) is 11.6 Å². The molecule has 0 unspecified atom stereocenters. The van der Waals surface area contributed by atoms with Crippen molar-refractivity contribution in [2.75, 3.05) is 0 Å². The van der Waals surface area contributed by atoms with E-state index in [0.717, 1.165) is 47.1 Å². The maximum Gasteiger partial charge on any atom is 0.251 e. The minimum absolute atomic E-state index is 0.00632. The van der Waals surface area contributed by atoms with Crippen molar-refractivity contribution in [3.8, 4) is 11.1 Å². The summed E-state index contributed by atoms with van der Waals surface area (Å²) in [7, 11) is 0. The topological polar surface area (TPSA) is 86.2 Å². The predicted octanol–water partition coefficient (Wildman–Crippen LogP) is 4.40. The highest BCUT2D eigenvalue weighted by atomic mass is 19.1. The molecule has 2 aromatic carbocycles. The molecule has 6 nitrogen and oxygen atoms in total. The number of aromatic nitrogens is 4. The predicted molar refractivity (Wildman–Crippen MR) is 119 cm³/mol. The van der Waals surface area contributed by atoms with Crippen LogP contribution in [0.5, 0.6) is 0 Å². The molecule has 3 aromatic heterocycles. The number of carbonyl (C=O) groups excluding carboxylic acids is 1. The van der Waals surface area contributed by atoms with E-state index >= 15 is 0 Å². The van der Waals surface area contributed by atoms with Crippen LogP contribution in [0.2, 0.25) is 0 Å². The number of primary amides is 1. The number of benzene rings is 2. The molecule has 33 heavy (non-hydrogen) atoms. The Kier molecular flexibility index (Phi) is 4.07. The summed E-state index contributed by atoms with van der Waals surface area (Å²) < 4.78 is 30.9. The zero-order valence-corrected chi connectivity index (χ0v) is 17.3. The molecule has 1 aliphatic carbocycles. The number of imidazole rings is 1. The molecule has 3 heterocycles. The monoisotopic (exact) mass is 441 g/mol. The summed E-state index contributed by atoms with van der Waals surface area (Å²) in [6.45, 7) is 0. The SMILES string of the molecule is NC(=O)c1cc(F)c(-c2cnc3ncc(C4(c5ccc6ncccc6c5)CC4)n3c2)cc1F. The van der Waals surface area contributed by atoms with Gasteiger partial charge in [-0.05, 0) is 48.7 Å². The van der Waals surface area contributed by atoms with E-state index in [-0.39, 0.29) is 11.0 Å². The molecule has 6 rings (SSSR count). The molecule has 162 valence electrons. The van der Waals surface area contributed by atoms with Crippen molar-refractivity contribution < 1.29 is 13.6 Å². The molecule has 1 fully saturated rings. The number of hydrogen-bond acceptors (Lipinski definition) is 4. The van der Waals surface area contributed by atoms with Gasteiger partial charge in [-0.2, -0.15) is 0 Å². The molecule has 0 spiro atoms. The largest absolute Gasteiger partial charge is 0.366 e. The fraction of sp³-hybridized carbons (Fsp3) is 0.120. The summed E-state index contributed by atoms with van der Waals surface area (Å²) in [6, 6.07) is 12.0. The average molecular weight is 441 g/mol. The van der Waals surface area contributed by atoms with Gasteiger partial charge in [0.1, 0.15) is 11.6 Å². The minimum atomic E-state index is -1.02. The van der Waals surface area contributed by atoms with Gasteiger partial charge in [-0.25, -0.2) is 18.7 Å². The summed E-state index contributed by atoms with van der Waals surface area (Å²) in [5.74, 6) is -2.19. The zero-order valence-electron chi connectivity index (χ0n) is 17.3. The smallest absolute Gasteiger partial charge is 0.251 e. The van der Waals surface area contributed by atoms with Crippen molar-refractivity contribution >= 4 is 22.6 Å². The van der Waals surface area contributed by atoms with Crippen LogP contribution in [0.4, 0.5) is 8.78 Å². The summed E-state index contributed by atoms with van der Waals surface area (Å²) in [6.07, 6.45) is 8.58. The fourth-order valence-corrected chi connectivity index (χ4v) is 4.51. The maximum atomic E-state index is 14.7. The Morgan fingerprint density at radius 2 is 1.82 bits per heavy atom. The molecular formula is C25H17F2N5O. The lowest BCUT2D eigenvalue weighted by Crippen LogP contribution is -2.14. The minimum Gasteiger partial charge on any atom is -0.366 e. The number of amides is 1. The normalized spacial score (nSPS) is 14.6. The van der Waals surface area contributed by atoms with Gasteiger partial charge in [0, 0.05) is 40.5 Å². The number of carbonyl (C=O) groups is 1. The number of hydrogen-bond donors (Lipinski definition) is 1. The van der Waals surface area contributed by atoms with E-state index in [2.05, 4.69) is 27.1 Å². The van der Waals surface area contributed by atoms with Gasteiger partial charge < -0.3 is 5.73 Å². The summed E-state index contributed by atoms with van der Waals surface area (Å²) >= 11 is 0. The molecule has 0 bridgehead atoms. The molecule has 0 atom stereocenters. The Labute approximate surface area is 186 Å². The number of pyridine rings is 1. The average Bonchev–Trinajstić information content (AvgIpc) is 3.52. The fourth-order valence-electron chi connectivity index (χ4n) is 4.51. The van der Waals surface area contributed by atoms with E-state index < -0.39 is 23.1 Å². The van der Waals surface area contributed by atoms with E-state index in [9.17, 15) is 13.6 Å². The van der Waals surface area contributed by atoms with Gasteiger partial charge in [0.2, 0.25) is 5.78 Å². The lowest BCUT2D eigenvalue weighted by molar-refractivity contribution is 0.0996. The van der Waals surface area contributed by atoms with Crippen LogP contribution < -0.4 is 5.73 Å². The van der Waals surface area contributed by atoms with Crippen LogP contribution in [0.3, 0.4) is 0 Å². The Balaban J connectivity index is 1.48. The first-order valence-electron chi connectivity index (χ1n) is 10.4. The van der Waals surface area contributed by atoms with Crippen molar-refractivity contribution in [1.82, 2.24) is 19.4 Å². The van der Waals surface area contributed by atoms with Gasteiger partial charge in [0.05, 0.1) is 23.0 Å². The number of halogens is 2. The molecule has 1 amide bonds. The third-order valence-corrected chi connectivity index (χ3v) is 6.39. The van der Waals surface area contributed by atoms with Crippen LogP contribution >= 0.6 is 0 Å². The van der Waals surface area contributed by atoms with Crippen molar-refractivity contribution in [3.05, 3.63) is 95.7 Å². The first-order valence-corrected chi connectivity index (χ1v) is 10.4. The standard InChI is InChI=1S/C25H17F2N5O/c26-19-10-18(23(28)33)20(27)9-17(19)15-11-30-24-31-12-22(32(24)13-15)25(5-6-25)16-3-4-21-14(8-16)2-1-7-29-21/h1-4,7-13H,5-6H2,(H2,28,33). The Bertz CT molecular complexity index is 1590. The van der Waals surface area contributed by atoms with Gasteiger partial charge in [0.15, 0.2) is 0 Å². The first-order chi connectivity index (χ1) is 16.0. The molecule has 1 saturated carbocycles. The Morgan fingerprint density at radius 3 is 2.61 bits per heavy atom. The highest BCUT2D eigenvalue weighted by Crippen LogP contribution is 2.53. The molecule has 8 heteroatoms. The number of rotatable bonds is 4. The van der Waals surface area contributed by atoms with E-state index in [1.165, 1.54) is 6.20 Å². The second-order valence-corrected chi connectivity index (χ2v) is 8.33. The number of nitrogens with two attached hydrogens (primary N) is 1. The van der Waals surface area contributed by atoms with E-state index in [1.54, 1.807) is 18.6 Å². The van der Waals surface area contributed by atoms with Crippen LogP contribution in [0.15, 0.2) is 67.3 Å². The first kappa shape index (κ1) is 19.5. The van der Waals surface area contributed by atoms with E-state index in [0.29, 0.717) is 11.3 Å².